The number of ether oxygens (including phenoxy) is 1. The van der Waals surface area contributed by atoms with Crippen molar-refractivity contribution in [3.05, 3.63) is 24.6 Å². The maximum absolute atomic E-state index is 4.66. The molecule has 0 unspecified atom stereocenters. The van der Waals surface area contributed by atoms with E-state index in [1.165, 1.54) is 6.40 Å². The van der Waals surface area contributed by atoms with Crippen LogP contribution in [0.25, 0.3) is 0 Å². The first-order chi connectivity index (χ1) is 3.50. The molecule has 0 aliphatic carbocycles. The van der Waals surface area contributed by atoms with E-state index in [0.717, 1.165) is 0 Å². The van der Waals surface area contributed by atoms with Gasteiger partial charge in [0.15, 0.2) is 6.40 Å². The number of aliphatic imine (C=N–C) groups is 1. The third kappa shape index (κ3) is 1.22. The Kier molecular flexibility index (Phi) is 1.28. The van der Waals surface area contributed by atoms with Gasteiger partial charge in [0.2, 0.25) is 0 Å². The van der Waals surface area contributed by atoms with Gasteiger partial charge < -0.3 is 4.74 Å². The first-order valence-electron chi connectivity index (χ1n) is 1.99. The summed E-state index contributed by atoms with van der Waals surface area (Å²) in [7, 11) is 0. The molecule has 0 aromatic carbocycles. The highest BCUT2D eigenvalue weighted by Gasteiger charge is 1.70. The Hall–Kier alpha value is -1.05. The maximum Gasteiger partial charge on any atom is 1.00 e. The predicted octanol–water partition coefficient (Wildman–Crippen LogP) is 1.18. The molecule has 0 N–H and O–H groups in total. The molecule has 1 aliphatic heterocycles. The lowest BCUT2D eigenvalue weighted by Crippen LogP contribution is -1.68. The van der Waals surface area contributed by atoms with Gasteiger partial charge in [-0.1, -0.05) is 0 Å². The van der Waals surface area contributed by atoms with Gasteiger partial charge in [-0.2, -0.15) is 0 Å². The van der Waals surface area contributed by atoms with Gasteiger partial charge in [-0.3, -0.25) is 0 Å². The fourth-order valence-corrected chi connectivity index (χ4v) is 0.296. The van der Waals surface area contributed by atoms with Crippen LogP contribution < -0.4 is 0 Å². The van der Waals surface area contributed by atoms with Crippen LogP contribution in [0.4, 0.5) is 0 Å². The molecular formula is C5H6NO+. The van der Waals surface area contributed by atoms with E-state index in [-0.39, 0.29) is 1.43 Å². The van der Waals surface area contributed by atoms with Gasteiger partial charge in [0.1, 0.15) is 0 Å². The highest BCUT2D eigenvalue weighted by Crippen LogP contribution is 1.83. The molecule has 1 heterocycles. The van der Waals surface area contributed by atoms with E-state index < -0.39 is 0 Å². The van der Waals surface area contributed by atoms with E-state index in [1.54, 1.807) is 24.6 Å². The van der Waals surface area contributed by atoms with Crippen LogP contribution >= 0.6 is 0 Å². The van der Waals surface area contributed by atoms with Gasteiger partial charge in [0.05, 0.1) is 6.26 Å². The van der Waals surface area contributed by atoms with Crippen molar-refractivity contribution in [1.29, 1.82) is 0 Å². The summed E-state index contributed by atoms with van der Waals surface area (Å²) in [6, 6.07) is 0. The van der Waals surface area contributed by atoms with Crippen LogP contribution in [0.2, 0.25) is 0 Å². The predicted molar refractivity (Wildman–Crippen MR) is 29.0 cm³/mol. The lowest BCUT2D eigenvalue weighted by atomic mass is 10.6. The maximum atomic E-state index is 4.66. The van der Waals surface area contributed by atoms with Crippen molar-refractivity contribution in [2.45, 2.75) is 0 Å². The second-order valence-electron chi connectivity index (χ2n) is 1.06. The van der Waals surface area contributed by atoms with Crippen LogP contribution in [-0.2, 0) is 4.74 Å². The molecule has 0 radical (unpaired) electrons. The van der Waals surface area contributed by atoms with E-state index >= 15 is 0 Å². The van der Waals surface area contributed by atoms with Crippen molar-refractivity contribution in [1.82, 2.24) is 0 Å². The second-order valence-corrected chi connectivity index (χ2v) is 1.06. The van der Waals surface area contributed by atoms with Crippen LogP contribution in [-0.4, -0.2) is 6.40 Å². The van der Waals surface area contributed by atoms with E-state index in [1.807, 2.05) is 0 Å². The van der Waals surface area contributed by atoms with Crippen molar-refractivity contribution >= 4 is 6.40 Å². The van der Waals surface area contributed by atoms with Gasteiger partial charge >= 0.3 is 1.43 Å². The molecule has 1 aliphatic rings. The smallest absolute Gasteiger partial charge is 0.453 e. The van der Waals surface area contributed by atoms with Gasteiger partial charge in [-0.25, -0.2) is 4.99 Å². The van der Waals surface area contributed by atoms with Gasteiger partial charge in [-0.15, -0.1) is 0 Å². The monoisotopic (exact) mass is 96.0 g/mol. The largest absolute Gasteiger partial charge is 1.00 e. The minimum Gasteiger partial charge on any atom is -0.453 e. The van der Waals surface area contributed by atoms with Crippen LogP contribution in [0.1, 0.15) is 1.43 Å². The summed E-state index contributed by atoms with van der Waals surface area (Å²) in [4.78, 5) is 3.68. The highest BCUT2D eigenvalue weighted by atomic mass is 16.5. The summed E-state index contributed by atoms with van der Waals surface area (Å²) < 4.78 is 4.66. The number of allylic oxidation sites excluding steroid dienone is 2. The van der Waals surface area contributed by atoms with Gasteiger partial charge in [0.25, 0.3) is 0 Å². The Labute approximate surface area is 43.3 Å². The molecule has 36 valence electrons. The third-order valence-corrected chi connectivity index (χ3v) is 0.562. The SMILES string of the molecule is C1=CN=COC=C1.[H+]. The molecule has 0 amide bonds. The zero-order valence-corrected chi connectivity index (χ0v) is 3.74. The molecular weight excluding hydrogens is 90.1 g/mol. The Bertz CT molecular complexity index is 114. The molecule has 2 nitrogen and oxygen atoms in total. The molecule has 0 aromatic heterocycles. The fourth-order valence-electron chi connectivity index (χ4n) is 0.296. The van der Waals surface area contributed by atoms with Crippen molar-refractivity contribution < 1.29 is 6.16 Å². The summed E-state index contributed by atoms with van der Waals surface area (Å²) in [5.41, 5.74) is 0. The zero-order valence-electron chi connectivity index (χ0n) is 4.74. The first kappa shape index (κ1) is 4.12. The van der Waals surface area contributed by atoms with E-state index in [4.69, 9.17) is 0 Å². The summed E-state index contributed by atoms with van der Waals surface area (Å²) in [6.07, 6.45) is 8.16. The molecule has 0 saturated heterocycles. The number of rotatable bonds is 0. The van der Waals surface area contributed by atoms with Crippen molar-refractivity contribution in [3.8, 4) is 0 Å². The van der Waals surface area contributed by atoms with Crippen molar-refractivity contribution in [3.63, 3.8) is 0 Å². The van der Waals surface area contributed by atoms with Crippen LogP contribution in [0.3, 0.4) is 0 Å². The van der Waals surface area contributed by atoms with Gasteiger partial charge in [0, 0.05) is 6.20 Å². The topological polar surface area (TPSA) is 21.6 Å². The second kappa shape index (κ2) is 2.18. The Morgan fingerprint density at radius 3 is 3.43 bits per heavy atom. The molecule has 0 aromatic rings. The molecule has 0 bridgehead atoms. The average Bonchev–Trinajstić information content (AvgIpc) is 1.90. The summed E-state index contributed by atoms with van der Waals surface area (Å²) in [5.74, 6) is 0. The Morgan fingerprint density at radius 2 is 2.43 bits per heavy atom. The molecule has 0 fully saturated rings. The van der Waals surface area contributed by atoms with Crippen molar-refractivity contribution in [2.24, 2.45) is 4.99 Å². The summed E-state index contributed by atoms with van der Waals surface area (Å²) in [6.45, 7) is 0. The number of nitrogens with zero attached hydrogens (tertiary/aromatic N) is 1. The van der Waals surface area contributed by atoms with Gasteiger partial charge in [-0.05, 0) is 12.2 Å². The van der Waals surface area contributed by atoms with Crippen LogP contribution in [0.15, 0.2) is 29.6 Å². The van der Waals surface area contributed by atoms with E-state index in [0.29, 0.717) is 0 Å². The highest BCUT2D eigenvalue weighted by molar-refractivity contribution is 5.49. The number of hydrogen-bond acceptors (Lipinski definition) is 2. The molecule has 0 spiro atoms. The summed E-state index contributed by atoms with van der Waals surface area (Å²) in [5, 5.41) is 0. The Balaban J connectivity index is 0.000000490. The molecule has 0 saturated carbocycles. The minimum atomic E-state index is 0. The van der Waals surface area contributed by atoms with Crippen LogP contribution in [0, 0.1) is 0 Å². The molecule has 1 rings (SSSR count). The molecule has 2 heteroatoms. The zero-order chi connectivity index (χ0) is 4.95. The molecule has 0 atom stereocenters. The van der Waals surface area contributed by atoms with E-state index in [2.05, 4.69) is 9.73 Å². The fraction of sp³-hybridized carbons (Fsp3) is 0. The first-order valence-corrected chi connectivity index (χ1v) is 1.99. The van der Waals surface area contributed by atoms with Crippen LogP contribution in [0.5, 0.6) is 0 Å². The lowest BCUT2D eigenvalue weighted by molar-refractivity contribution is 0.495. The standard InChI is InChI=1S/C5H5NO/c1-2-4-7-5-6-3-1/h1-5H/p+1. The minimum absolute atomic E-state index is 0. The summed E-state index contributed by atoms with van der Waals surface area (Å²) >= 11 is 0. The number of hydrogen-bond donors (Lipinski definition) is 0. The average molecular weight is 96.1 g/mol. The Morgan fingerprint density at radius 1 is 1.43 bits per heavy atom. The third-order valence-electron chi connectivity index (χ3n) is 0.562. The van der Waals surface area contributed by atoms with E-state index in [9.17, 15) is 0 Å². The van der Waals surface area contributed by atoms with Crippen molar-refractivity contribution in [2.75, 3.05) is 0 Å². The lowest BCUT2D eigenvalue weighted by Gasteiger charge is -1.78. The molecule has 7 heavy (non-hydrogen) atoms. The quantitative estimate of drug-likeness (QED) is 0.443. The normalized spacial score (nSPS) is 16.0.